The Hall–Kier alpha value is -5.81. The number of phenols is 1. The summed E-state index contributed by atoms with van der Waals surface area (Å²) in [7, 11) is 0. The molecular formula is C54H62O5. The second-order valence-corrected chi connectivity index (χ2v) is 16.6. The lowest BCUT2D eigenvalue weighted by Crippen LogP contribution is -2.30. The molecule has 0 spiro atoms. The zero-order valence-corrected chi connectivity index (χ0v) is 36.5. The monoisotopic (exact) mass is 790 g/mol. The molecule has 1 N–H and O–H groups in total. The van der Waals surface area contributed by atoms with Crippen LogP contribution >= 0.6 is 0 Å². The van der Waals surface area contributed by atoms with Crippen molar-refractivity contribution in [2.75, 3.05) is 13.2 Å². The van der Waals surface area contributed by atoms with Crippen molar-refractivity contribution in [3.63, 3.8) is 0 Å². The Kier molecular flexibility index (Phi) is 14.5. The van der Waals surface area contributed by atoms with Crippen molar-refractivity contribution >= 4 is 5.97 Å². The molecule has 1 aliphatic carbocycles. The van der Waals surface area contributed by atoms with Crippen molar-refractivity contribution in [3.8, 4) is 23.0 Å². The van der Waals surface area contributed by atoms with Crippen LogP contribution in [0.1, 0.15) is 94.7 Å². The first kappa shape index (κ1) is 44.3. The summed E-state index contributed by atoms with van der Waals surface area (Å²) >= 11 is 0. The van der Waals surface area contributed by atoms with Gasteiger partial charge in [-0.15, -0.1) is 0 Å². The Morgan fingerprint density at radius 2 is 1.37 bits per heavy atom. The maximum atomic E-state index is 12.9. The third-order valence-corrected chi connectivity index (χ3v) is 12.0. The van der Waals surface area contributed by atoms with Gasteiger partial charge in [-0.25, -0.2) is 0 Å². The van der Waals surface area contributed by atoms with E-state index < -0.39 is 5.41 Å². The molecule has 4 aromatic rings. The first-order chi connectivity index (χ1) is 28.1. The normalized spacial score (nSPS) is 17.1. The number of aromatic hydroxyl groups is 1. The molecular weight excluding hydrogens is 729 g/mol. The summed E-state index contributed by atoms with van der Waals surface area (Å²) < 4.78 is 18.3. The Labute approximate surface area is 353 Å². The van der Waals surface area contributed by atoms with E-state index in [-0.39, 0.29) is 30.2 Å². The second kappa shape index (κ2) is 19.3. The minimum Gasteiger partial charge on any atom is -0.508 e. The molecule has 0 bridgehead atoms. The highest BCUT2D eigenvalue weighted by atomic mass is 16.5. The summed E-state index contributed by atoms with van der Waals surface area (Å²) in [5.74, 6) is 3.13. The van der Waals surface area contributed by atoms with Gasteiger partial charge in [-0.1, -0.05) is 133 Å². The average molecular weight is 791 g/mol. The highest BCUT2D eigenvalue weighted by Gasteiger charge is 2.47. The van der Waals surface area contributed by atoms with Gasteiger partial charge in [-0.2, -0.15) is 0 Å². The van der Waals surface area contributed by atoms with Crippen molar-refractivity contribution in [1.29, 1.82) is 0 Å². The first-order valence-electron chi connectivity index (χ1n) is 20.8. The molecule has 59 heavy (non-hydrogen) atoms. The van der Waals surface area contributed by atoms with E-state index in [1.807, 2.05) is 74.5 Å². The second-order valence-electron chi connectivity index (χ2n) is 16.6. The molecule has 0 heterocycles. The fourth-order valence-corrected chi connectivity index (χ4v) is 7.83. The van der Waals surface area contributed by atoms with E-state index in [1.165, 1.54) is 0 Å². The predicted molar refractivity (Wildman–Crippen MR) is 244 cm³/mol. The molecule has 0 saturated carbocycles. The van der Waals surface area contributed by atoms with Crippen LogP contribution in [-0.2, 0) is 15.6 Å². The molecule has 2 unspecified atom stereocenters. The molecule has 0 saturated heterocycles. The molecule has 0 fully saturated rings. The fraction of sp³-hybridized carbons (Fsp3) is 0.315. The van der Waals surface area contributed by atoms with Crippen molar-refractivity contribution in [3.05, 3.63) is 190 Å². The van der Waals surface area contributed by atoms with Gasteiger partial charge in [0.25, 0.3) is 0 Å². The maximum absolute atomic E-state index is 12.9. The van der Waals surface area contributed by atoms with Gasteiger partial charge in [-0.3, -0.25) is 4.79 Å². The zero-order chi connectivity index (χ0) is 42.9. The standard InChI is InChI=1S/C54H62O5/c1-12-14-16-48-40(8)41(9)49(17-15-13-2)54(48,44-22-28-50(38(6)34-44)57-32-30-37(5)36(3)4)45-23-29-51(39(7)35-45)58-33-31-52(56)59-47-26-20-43(21-27-47)53(10,11)42-18-24-46(55)25-19-42/h12-29,34-37,55H,1,9,30-33H2,2-8,10-11H3/b15-13-,16-14-,49-17+. The van der Waals surface area contributed by atoms with E-state index in [4.69, 9.17) is 14.2 Å². The van der Waals surface area contributed by atoms with Crippen LogP contribution in [-0.4, -0.2) is 24.3 Å². The number of ether oxygens (including phenoxy) is 3. The van der Waals surface area contributed by atoms with Crippen LogP contribution in [0.5, 0.6) is 23.0 Å². The lowest BCUT2D eigenvalue weighted by Gasteiger charge is -2.36. The zero-order valence-electron chi connectivity index (χ0n) is 36.5. The summed E-state index contributed by atoms with van der Waals surface area (Å²) in [6, 6.07) is 27.7. The van der Waals surface area contributed by atoms with E-state index in [9.17, 15) is 9.90 Å². The van der Waals surface area contributed by atoms with Gasteiger partial charge in [0.15, 0.2) is 0 Å². The Balaban J connectivity index is 1.39. The maximum Gasteiger partial charge on any atom is 0.314 e. The van der Waals surface area contributed by atoms with Gasteiger partial charge in [0.1, 0.15) is 23.0 Å². The van der Waals surface area contributed by atoms with E-state index in [2.05, 4.69) is 110 Å². The molecule has 308 valence electrons. The number of aryl methyl sites for hydroxylation is 2. The average Bonchev–Trinajstić information content (AvgIpc) is 3.42. The summed E-state index contributed by atoms with van der Waals surface area (Å²) in [5, 5.41) is 9.71. The SMILES string of the molecule is C=C/C=C\C1=C(C)C(=C)/C(=C\C=C/C)C1(c1ccc(OCCC(=O)Oc2ccc(C(C)(C)c3ccc(O)cc3)cc2)c(C)c1)c1ccc(OCCC(C)C(C)C)c(C)c1. The third-order valence-electron chi connectivity index (χ3n) is 12.0. The summed E-state index contributed by atoms with van der Waals surface area (Å²) in [6.07, 6.45) is 13.4. The highest BCUT2D eigenvalue weighted by molar-refractivity contribution is 5.76. The van der Waals surface area contributed by atoms with Gasteiger partial charge in [0.2, 0.25) is 0 Å². The minimum atomic E-state index is -0.683. The molecule has 0 amide bonds. The van der Waals surface area contributed by atoms with Crippen molar-refractivity contribution in [2.45, 2.75) is 86.0 Å². The van der Waals surface area contributed by atoms with Crippen molar-refractivity contribution in [1.82, 2.24) is 0 Å². The van der Waals surface area contributed by atoms with E-state index in [0.29, 0.717) is 29.9 Å². The summed E-state index contributed by atoms with van der Waals surface area (Å²) in [6.45, 7) is 28.8. The first-order valence-corrected chi connectivity index (χ1v) is 20.8. The van der Waals surface area contributed by atoms with Crippen LogP contribution in [0.2, 0.25) is 0 Å². The number of carbonyl (C=O) groups is 1. The van der Waals surface area contributed by atoms with E-state index in [1.54, 1.807) is 12.1 Å². The molecule has 1 aliphatic rings. The number of benzene rings is 4. The van der Waals surface area contributed by atoms with Crippen LogP contribution in [0.4, 0.5) is 0 Å². The topological polar surface area (TPSA) is 65.0 Å². The van der Waals surface area contributed by atoms with Gasteiger partial charge >= 0.3 is 5.97 Å². The molecule has 0 aromatic heterocycles. The molecule has 4 aromatic carbocycles. The summed E-state index contributed by atoms with van der Waals surface area (Å²) in [4.78, 5) is 12.9. The molecule has 5 heteroatoms. The minimum absolute atomic E-state index is 0.0878. The lowest BCUT2D eigenvalue weighted by molar-refractivity contribution is -0.134. The number of hydrogen-bond donors (Lipinski definition) is 1. The van der Waals surface area contributed by atoms with Crippen molar-refractivity contribution in [2.24, 2.45) is 11.8 Å². The van der Waals surface area contributed by atoms with Gasteiger partial charge < -0.3 is 19.3 Å². The number of allylic oxidation sites excluding steroid dienone is 10. The van der Waals surface area contributed by atoms with Crippen LogP contribution in [0.3, 0.4) is 0 Å². The molecule has 0 aliphatic heterocycles. The smallest absolute Gasteiger partial charge is 0.314 e. The van der Waals surface area contributed by atoms with E-state index in [0.717, 1.165) is 67.8 Å². The lowest BCUT2D eigenvalue weighted by atomic mass is 9.65. The predicted octanol–water partition coefficient (Wildman–Crippen LogP) is 13.2. The molecule has 0 radical (unpaired) electrons. The van der Waals surface area contributed by atoms with Crippen molar-refractivity contribution < 1.29 is 24.1 Å². The largest absolute Gasteiger partial charge is 0.508 e. The van der Waals surface area contributed by atoms with Crippen LogP contribution < -0.4 is 14.2 Å². The number of rotatable bonds is 17. The molecule has 2 atom stereocenters. The molecule has 5 rings (SSSR count). The van der Waals surface area contributed by atoms with Crippen LogP contribution in [0.25, 0.3) is 0 Å². The Bertz CT molecular complexity index is 2260. The molecule has 5 nitrogen and oxygen atoms in total. The number of hydrogen-bond acceptors (Lipinski definition) is 5. The number of esters is 1. The van der Waals surface area contributed by atoms with Gasteiger partial charge in [-0.05, 0) is 138 Å². The van der Waals surface area contributed by atoms with Gasteiger partial charge in [0, 0.05) is 5.41 Å². The van der Waals surface area contributed by atoms with E-state index >= 15 is 0 Å². The summed E-state index contributed by atoms with van der Waals surface area (Å²) in [5.41, 5.74) is 9.71. The Morgan fingerprint density at radius 3 is 1.90 bits per heavy atom. The Morgan fingerprint density at radius 1 is 0.814 bits per heavy atom. The van der Waals surface area contributed by atoms with Crippen LogP contribution in [0.15, 0.2) is 157 Å². The van der Waals surface area contributed by atoms with Gasteiger partial charge in [0.05, 0.1) is 25.0 Å². The fourth-order valence-electron chi connectivity index (χ4n) is 7.83. The highest BCUT2D eigenvalue weighted by Crippen LogP contribution is 2.56. The van der Waals surface area contributed by atoms with Crippen LogP contribution in [0, 0.1) is 25.7 Å². The number of phenolic OH excluding ortho intramolecular Hbond substituents is 1. The quantitative estimate of drug-likeness (QED) is 0.0655. The third kappa shape index (κ3) is 9.74. The number of carbonyl (C=O) groups excluding carboxylic acids is 1.